The summed E-state index contributed by atoms with van der Waals surface area (Å²) in [5.74, 6) is -1.61. The van der Waals surface area contributed by atoms with Gasteiger partial charge in [-0.1, -0.05) is 18.2 Å². The number of carbonyl (C=O) groups is 2. The smallest absolute Gasteiger partial charge is 0.240 e. The molecule has 1 heterocycles. The Kier molecular flexibility index (Phi) is 2.70. The second kappa shape index (κ2) is 4.29. The summed E-state index contributed by atoms with van der Waals surface area (Å²) in [5, 5.41) is 10.7. The predicted molar refractivity (Wildman–Crippen MR) is 69.5 cm³/mol. The summed E-state index contributed by atoms with van der Waals surface area (Å²) in [6.45, 7) is 0. The summed E-state index contributed by atoms with van der Waals surface area (Å²) in [4.78, 5) is 35.5. The van der Waals surface area contributed by atoms with E-state index in [0.29, 0.717) is 12.1 Å². The molecule has 2 aliphatic rings. The van der Waals surface area contributed by atoms with E-state index in [1.54, 1.807) is 12.1 Å². The van der Waals surface area contributed by atoms with E-state index in [2.05, 4.69) is 0 Å². The summed E-state index contributed by atoms with van der Waals surface area (Å²) in [6, 6.07) is 5.58. The molecule has 1 aliphatic carbocycles. The average molecular weight is 275 g/mol. The zero-order valence-electron chi connectivity index (χ0n) is 10.6. The first-order chi connectivity index (χ1) is 9.50. The Hall–Kier alpha value is -2.44. The highest BCUT2D eigenvalue weighted by molar-refractivity contribution is 6.05. The molecule has 2 unspecified atom stereocenters. The molecule has 3 atom stereocenters. The molecular formula is C13H13N3O4. The minimum atomic E-state index is -0.830. The van der Waals surface area contributed by atoms with Gasteiger partial charge in [0, 0.05) is 23.5 Å². The van der Waals surface area contributed by atoms with E-state index in [1.807, 2.05) is 12.1 Å². The third kappa shape index (κ3) is 1.82. The monoisotopic (exact) mass is 275 g/mol. The Morgan fingerprint density at radius 1 is 1.35 bits per heavy atom. The molecule has 7 heteroatoms. The molecule has 1 saturated carbocycles. The van der Waals surface area contributed by atoms with Gasteiger partial charge in [0.25, 0.3) is 0 Å². The van der Waals surface area contributed by atoms with Crippen molar-refractivity contribution in [2.45, 2.75) is 24.9 Å². The fourth-order valence-electron chi connectivity index (χ4n) is 2.74. The first kappa shape index (κ1) is 12.6. The average Bonchev–Trinajstić information content (AvgIpc) is 3.11. The van der Waals surface area contributed by atoms with Gasteiger partial charge in [-0.2, -0.15) is 0 Å². The molecule has 1 aliphatic heterocycles. The number of nitrogens with zero attached hydrogens (tertiary/aromatic N) is 2. The number of nitrogens with two attached hydrogens (primary N) is 1. The first-order valence-electron chi connectivity index (χ1n) is 6.34. The Morgan fingerprint density at radius 2 is 2.05 bits per heavy atom. The largest absolute Gasteiger partial charge is 0.368 e. The number of fused-ring (bicyclic) bond motifs is 1. The van der Waals surface area contributed by atoms with E-state index in [1.165, 1.54) is 4.90 Å². The van der Waals surface area contributed by atoms with Crippen LogP contribution in [-0.2, 0) is 16.0 Å². The normalized spacial score (nSPS) is 27.0. The first-order valence-corrected chi connectivity index (χ1v) is 6.34. The van der Waals surface area contributed by atoms with E-state index in [-0.39, 0.29) is 12.3 Å². The molecule has 0 spiro atoms. The summed E-state index contributed by atoms with van der Waals surface area (Å²) in [7, 11) is 0. The van der Waals surface area contributed by atoms with Crippen LogP contribution >= 0.6 is 0 Å². The highest BCUT2D eigenvalue weighted by atomic mass is 16.6. The Bertz CT molecular complexity index is 615. The third-order valence-corrected chi connectivity index (χ3v) is 3.89. The number of benzene rings is 1. The lowest BCUT2D eigenvalue weighted by molar-refractivity contribution is -0.497. The Balaban J connectivity index is 1.91. The fraction of sp³-hybridized carbons (Fsp3) is 0.385. The van der Waals surface area contributed by atoms with Gasteiger partial charge < -0.3 is 5.73 Å². The van der Waals surface area contributed by atoms with Crippen molar-refractivity contribution in [3.05, 3.63) is 39.9 Å². The standard InChI is InChI=1S/C13H13N3O4/c14-12(17)11-5-7-3-1-2-4-9(7)15(11)13(18)8-6-10(8)16(19)20/h1-4,8,10-11H,5-6H2,(H2,14,17)/t8?,10?,11-/m0/s1. The number of hydrogen-bond donors (Lipinski definition) is 1. The van der Waals surface area contributed by atoms with Gasteiger partial charge in [0.2, 0.25) is 17.9 Å². The highest BCUT2D eigenvalue weighted by Crippen LogP contribution is 2.40. The lowest BCUT2D eigenvalue weighted by Crippen LogP contribution is -2.47. The van der Waals surface area contributed by atoms with Gasteiger partial charge in [-0.05, 0) is 11.6 Å². The van der Waals surface area contributed by atoms with Gasteiger partial charge in [0.1, 0.15) is 12.0 Å². The molecule has 0 bridgehead atoms. The second-order valence-corrected chi connectivity index (χ2v) is 5.15. The minimum Gasteiger partial charge on any atom is -0.368 e. The molecule has 2 N–H and O–H groups in total. The molecule has 1 aromatic carbocycles. The predicted octanol–water partition coefficient (Wildman–Crippen LogP) is 0.0948. The maximum atomic E-state index is 12.4. The van der Waals surface area contributed by atoms with E-state index in [0.717, 1.165) is 5.56 Å². The van der Waals surface area contributed by atoms with Gasteiger partial charge in [-0.15, -0.1) is 0 Å². The quantitative estimate of drug-likeness (QED) is 0.623. The van der Waals surface area contributed by atoms with Crippen LogP contribution in [0.25, 0.3) is 0 Å². The molecule has 2 amide bonds. The van der Waals surface area contributed by atoms with Crippen LogP contribution in [0.15, 0.2) is 24.3 Å². The summed E-state index contributed by atoms with van der Waals surface area (Å²) in [5.41, 5.74) is 6.85. The van der Waals surface area contributed by atoms with Crippen LogP contribution in [0.3, 0.4) is 0 Å². The van der Waals surface area contributed by atoms with Crippen molar-refractivity contribution in [1.29, 1.82) is 0 Å². The van der Waals surface area contributed by atoms with Gasteiger partial charge in [-0.3, -0.25) is 24.6 Å². The van der Waals surface area contributed by atoms with Gasteiger partial charge in [-0.25, -0.2) is 0 Å². The fourth-order valence-corrected chi connectivity index (χ4v) is 2.74. The topological polar surface area (TPSA) is 107 Å². The second-order valence-electron chi connectivity index (χ2n) is 5.15. The van der Waals surface area contributed by atoms with E-state index in [9.17, 15) is 19.7 Å². The van der Waals surface area contributed by atoms with Gasteiger partial charge in [0.05, 0.1) is 0 Å². The van der Waals surface area contributed by atoms with Crippen LogP contribution in [0, 0.1) is 16.0 Å². The zero-order valence-corrected chi connectivity index (χ0v) is 10.6. The van der Waals surface area contributed by atoms with Crippen molar-refractivity contribution in [2.75, 3.05) is 4.90 Å². The molecule has 1 aromatic rings. The van der Waals surface area contributed by atoms with Crippen molar-refractivity contribution in [3.8, 4) is 0 Å². The zero-order chi connectivity index (χ0) is 14.4. The number of carbonyl (C=O) groups excluding carboxylic acids is 2. The van der Waals surface area contributed by atoms with Crippen LogP contribution in [0.1, 0.15) is 12.0 Å². The molecule has 3 rings (SSSR count). The van der Waals surface area contributed by atoms with Crippen molar-refractivity contribution in [3.63, 3.8) is 0 Å². The summed E-state index contributed by atoms with van der Waals surface area (Å²) >= 11 is 0. The number of hydrogen-bond acceptors (Lipinski definition) is 4. The van der Waals surface area contributed by atoms with Crippen LogP contribution in [0.4, 0.5) is 5.69 Å². The third-order valence-electron chi connectivity index (χ3n) is 3.89. The van der Waals surface area contributed by atoms with E-state index < -0.39 is 28.8 Å². The van der Waals surface area contributed by atoms with Crippen molar-refractivity contribution in [1.82, 2.24) is 0 Å². The molecular weight excluding hydrogens is 262 g/mol. The maximum absolute atomic E-state index is 12.4. The van der Waals surface area contributed by atoms with E-state index in [4.69, 9.17) is 5.73 Å². The van der Waals surface area contributed by atoms with Crippen molar-refractivity contribution >= 4 is 17.5 Å². The SMILES string of the molecule is NC(=O)[C@@H]1Cc2ccccc2N1C(=O)C1CC1[N+](=O)[O-]. The molecule has 7 nitrogen and oxygen atoms in total. The number of primary amides is 1. The minimum absolute atomic E-state index is 0.232. The molecule has 0 aromatic heterocycles. The Labute approximate surface area is 114 Å². The lowest BCUT2D eigenvalue weighted by atomic mass is 10.1. The van der Waals surface area contributed by atoms with E-state index >= 15 is 0 Å². The van der Waals surface area contributed by atoms with Crippen LogP contribution < -0.4 is 10.6 Å². The molecule has 0 radical (unpaired) electrons. The maximum Gasteiger partial charge on any atom is 0.240 e. The van der Waals surface area contributed by atoms with Crippen LogP contribution in [-0.4, -0.2) is 28.8 Å². The van der Waals surface area contributed by atoms with Crippen LogP contribution in [0.2, 0.25) is 0 Å². The molecule has 104 valence electrons. The van der Waals surface area contributed by atoms with Gasteiger partial charge in [0.15, 0.2) is 0 Å². The summed E-state index contributed by atoms with van der Waals surface area (Å²) in [6.07, 6.45) is 0.600. The van der Waals surface area contributed by atoms with Crippen molar-refractivity contribution < 1.29 is 14.5 Å². The number of anilines is 1. The highest BCUT2D eigenvalue weighted by Gasteiger charge is 2.56. The number of nitro groups is 1. The van der Waals surface area contributed by atoms with Crippen molar-refractivity contribution in [2.24, 2.45) is 11.7 Å². The number of para-hydroxylation sites is 1. The summed E-state index contributed by atoms with van der Waals surface area (Å²) < 4.78 is 0. The molecule has 0 saturated heterocycles. The number of rotatable bonds is 3. The molecule has 1 fully saturated rings. The van der Waals surface area contributed by atoms with Crippen LogP contribution in [0.5, 0.6) is 0 Å². The lowest BCUT2D eigenvalue weighted by Gasteiger charge is -2.22. The van der Waals surface area contributed by atoms with Gasteiger partial charge >= 0.3 is 0 Å². The Morgan fingerprint density at radius 3 is 2.65 bits per heavy atom. The molecule has 20 heavy (non-hydrogen) atoms. The number of amides is 2.